The van der Waals surface area contributed by atoms with Crippen LogP contribution in [0.1, 0.15) is 0 Å². The molecule has 0 unspecified atom stereocenters. The van der Waals surface area contributed by atoms with Crippen LogP contribution in [-0.2, 0) is 4.43 Å². The third kappa shape index (κ3) is 7.05. The van der Waals surface area contributed by atoms with Crippen LogP contribution in [0, 0.1) is 0 Å². The van der Waals surface area contributed by atoms with E-state index in [1.165, 1.54) is 0 Å². The van der Waals surface area contributed by atoms with Crippen LogP contribution >= 0.6 is 34.8 Å². The van der Waals surface area contributed by atoms with E-state index in [4.69, 9.17) is 39.2 Å². The molecule has 0 atom stereocenters. The number of hydrogen-bond donors (Lipinski definition) is 0. The van der Waals surface area contributed by atoms with Crippen LogP contribution in [0.4, 0.5) is 0 Å². The molecule has 50 valence electrons. The molecular weight excluding hydrogens is 186 g/mol. The molecule has 8 heavy (non-hydrogen) atoms. The lowest BCUT2D eigenvalue weighted by molar-refractivity contribution is 0.357. The Morgan fingerprint density at radius 1 is 1.50 bits per heavy atom. The van der Waals surface area contributed by atoms with E-state index in [0.717, 1.165) is 0 Å². The maximum atomic E-state index is 5.34. The monoisotopic (exact) mass is 192 g/mol. The Hall–Kier alpha value is 1.05. The van der Waals surface area contributed by atoms with Gasteiger partial charge in [-0.05, 0) is 0 Å². The van der Waals surface area contributed by atoms with Gasteiger partial charge in [-0.15, -0.1) is 34.8 Å². The fraction of sp³-hybridized carbons (Fsp3) is 1.00. The molecule has 5 heteroatoms. The summed E-state index contributed by atoms with van der Waals surface area (Å²) in [7, 11) is -0.525. The van der Waals surface area contributed by atoms with Crippen LogP contribution in [0.5, 0.6) is 0 Å². The summed E-state index contributed by atoms with van der Waals surface area (Å²) in [5.41, 5.74) is 0.625. The van der Waals surface area contributed by atoms with E-state index in [9.17, 15) is 0 Å². The van der Waals surface area contributed by atoms with E-state index in [0.29, 0.717) is 12.1 Å². The van der Waals surface area contributed by atoms with Crippen molar-refractivity contribution < 1.29 is 4.43 Å². The zero-order valence-corrected chi connectivity index (χ0v) is 7.92. The van der Waals surface area contributed by atoms with Gasteiger partial charge in [-0.25, -0.2) is 0 Å². The maximum absolute atomic E-state index is 5.34. The highest BCUT2D eigenvalue weighted by molar-refractivity contribution is 6.46. The first-order valence-electron chi connectivity index (χ1n) is 2.19. The van der Waals surface area contributed by atoms with Gasteiger partial charge in [0.05, 0.1) is 6.61 Å². The lowest BCUT2D eigenvalue weighted by Crippen LogP contribution is -2.07. The second-order valence-electron chi connectivity index (χ2n) is 1.15. The molecule has 0 aliphatic rings. The first kappa shape index (κ1) is 9.05. The van der Waals surface area contributed by atoms with Gasteiger partial charge in [-0.2, -0.15) is 0 Å². The molecule has 0 saturated carbocycles. The van der Waals surface area contributed by atoms with Crippen molar-refractivity contribution in [1.29, 1.82) is 0 Å². The molecule has 0 N–H and O–H groups in total. The topological polar surface area (TPSA) is 9.23 Å². The highest BCUT2D eigenvalue weighted by Crippen LogP contribution is 2.00. The number of alkyl halides is 3. The molecule has 0 spiro atoms. The van der Waals surface area contributed by atoms with Crippen molar-refractivity contribution in [1.82, 2.24) is 0 Å². The molecule has 0 aromatic carbocycles. The van der Waals surface area contributed by atoms with Gasteiger partial charge in [0.15, 0.2) is 9.76 Å². The van der Waals surface area contributed by atoms with Gasteiger partial charge < -0.3 is 4.43 Å². The molecule has 0 saturated heterocycles. The fourth-order valence-electron chi connectivity index (χ4n) is 0.227. The molecule has 0 heterocycles. The van der Waals surface area contributed by atoms with Crippen LogP contribution < -0.4 is 0 Å². The summed E-state index contributed by atoms with van der Waals surface area (Å²) in [6, 6.07) is 0. The van der Waals surface area contributed by atoms with Crippen molar-refractivity contribution in [2.45, 2.75) is 4.84 Å². The average Bonchev–Trinajstić information content (AvgIpc) is 1.66. The predicted octanol–water partition coefficient (Wildman–Crippen LogP) is 1.09. The van der Waals surface area contributed by atoms with Gasteiger partial charge in [0.1, 0.15) is 4.84 Å². The number of rotatable bonds is 4. The van der Waals surface area contributed by atoms with Crippen LogP contribution in [0.25, 0.3) is 0 Å². The molecule has 0 radical (unpaired) electrons. The number of halogens is 3. The molecule has 0 aromatic heterocycles. The molecule has 0 rings (SSSR count). The fourth-order valence-corrected chi connectivity index (χ4v) is 1.54. The van der Waals surface area contributed by atoms with Gasteiger partial charge in [-0.3, -0.25) is 0 Å². The van der Waals surface area contributed by atoms with Crippen LogP contribution in [0.2, 0.25) is 0 Å². The van der Waals surface area contributed by atoms with E-state index < -0.39 is 14.6 Å². The molecule has 0 aliphatic heterocycles. The largest absolute Gasteiger partial charge is 0.420 e. The summed E-state index contributed by atoms with van der Waals surface area (Å²) < 4.78 is 4.99. The Morgan fingerprint density at radius 2 is 2.12 bits per heavy atom. The van der Waals surface area contributed by atoms with Gasteiger partial charge in [0.2, 0.25) is 0 Å². The van der Waals surface area contributed by atoms with Crippen molar-refractivity contribution in [2.24, 2.45) is 0 Å². The minimum atomic E-state index is -0.525. The highest BCUT2D eigenvalue weighted by atomic mass is 35.5. The zero-order chi connectivity index (χ0) is 6.41. The number of hydrogen-bond acceptors (Lipinski definition) is 1. The average molecular weight is 194 g/mol. The summed E-state index contributed by atoms with van der Waals surface area (Å²) in [5.74, 6) is 0. The van der Waals surface area contributed by atoms with Crippen molar-refractivity contribution in [3.8, 4) is 0 Å². The third-order valence-corrected chi connectivity index (χ3v) is 1.86. The molecule has 0 amide bonds. The standard InChI is InChI=1S/C3H7Cl3OSi/c4-2-8-7-1-3(5)6/h3H,1-2,8H2. The third-order valence-electron chi connectivity index (χ3n) is 0.465. The van der Waals surface area contributed by atoms with Crippen molar-refractivity contribution in [3.63, 3.8) is 0 Å². The van der Waals surface area contributed by atoms with E-state index >= 15 is 0 Å². The molecule has 0 fully saturated rings. The predicted molar refractivity (Wildman–Crippen MR) is 40.7 cm³/mol. The molecular formula is C3H7Cl3OSi. The smallest absolute Gasteiger partial charge is 0.176 e. The maximum Gasteiger partial charge on any atom is 0.176 e. The van der Waals surface area contributed by atoms with Gasteiger partial charge in [0, 0.05) is 5.50 Å². The molecule has 0 bridgehead atoms. The van der Waals surface area contributed by atoms with Gasteiger partial charge in [0.25, 0.3) is 0 Å². The Balaban J connectivity index is 2.72. The summed E-state index contributed by atoms with van der Waals surface area (Å²) >= 11 is 16.0. The van der Waals surface area contributed by atoms with Crippen molar-refractivity contribution >= 4 is 44.6 Å². The summed E-state index contributed by atoms with van der Waals surface area (Å²) in [6.45, 7) is 0.419. The van der Waals surface area contributed by atoms with Crippen LogP contribution in [-0.4, -0.2) is 26.7 Å². The lowest BCUT2D eigenvalue weighted by Gasteiger charge is -1.99. The minimum absolute atomic E-state index is 0.397. The Morgan fingerprint density at radius 3 is 2.50 bits per heavy atom. The Bertz CT molecular complexity index is 51.8. The second kappa shape index (κ2) is 6.17. The van der Waals surface area contributed by atoms with Crippen molar-refractivity contribution in [2.75, 3.05) is 12.1 Å². The van der Waals surface area contributed by atoms with Crippen LogP contribution in [0.3, 0.4) is 0 Å². The van der Waals surface area contributed by atoms with E-state index in [2.05, 4.69) is 0 Å². The van der Waals surface area contributed by atoms with Gasteiger partial charge in [-0.1, -0.05) is 0 Å². The minimum Gasteiger partial charge on any atom is -0.420 e. The Labute approximate surface area is 66.2 Å². The first-order valence-corrected chi connectivity index (χ1v) is 5.17. The molecule has 1 nitrogen and oxygen atoms in total. The van der Waals surface area contributed by atoms with Crippen molar-refractivity contribution in [3.05, 3.63) is 0 Å². The highest BCUT2D eigenvalue weighted by Gasteiger charge is 1.95. The van der Waals surface area contributed by atoms with Gasteiger partial charge >= 0.3 is 0 Å². The Kier molecular flexibility index (Phi) is 6.98. The molecule has 0 aromatic rings. The quantitative estimate of drug-likeness (QED) is 0.369. The zero-order valence-electron chi connectivity index (χ0n) is 4.24. The lowest BCUT2D eigenvalue weighted by atomic mass is 10.9. The summed E-state index contributed by atoms with van der Waals surface area (Å²) in [6.07, 6.45) is 0. The first-order chi connectivity index (χ1) is 3.77. The summed E-state index contributed by atoms with van der Waals surface area (Å²) in [4.78, 5) is -0.397. The van der Waals surface area contributed by atoms with Crippen LogP contribution in [0.15, 0.2) is 0 Å². The van der Waals surface area contributed by atoms with E-state index in [1.54, 1.807) is 0 Å². The second-order valence-corrected chi connectivity index (χ2v) is 4.76. The van der Waals surface area contributed by atoms with E-state index in [1.807, 2.05) is 0 Å². The SMILES string of the molecule is ClC[SiH2]OCC(Cl)Cl. The normalized spacial score (nSPS) is 12.0. The van der Waals surface area contributed by atoms with E-state index in [-0.39, 0.29) is 0 Å². The molecule has 0 aliphatic carbocycles. The summed E-state index contributed by atoms with van der Waals surface area (Å²) in [5, 5.41) is 0.